The molecule has 0 unspecified atom stereocenters. The summed E-state index contributed by atoms with van der Waals surface area (Å²) >= 11 is 0. The summed E-state index contributed by atoms with van der Waals surface area (Å²) in [6, 6.07) is 21.4. The first-order valence-electron chi connectivity index (χ1n) is 15.1. The summed E-state index contributed by atoms with van der Waals surface area (Å²) in [5.74, 6) is 0.728. The number of anilines is 1. The third-order valence-electron chi connectivity index (χ3n) is 6.58. The van der Waals surface area contributed by atoms with Crippen molar-refractivity contribution < 1.29 is 23.6 Å². The van der Waals surface area contributed by atoms with Crippen molar-refractivity contribution in [1.29, 1.82) is 0 Å². The molecular formula is C36H43FN6O4. The predicted molar refractivity (Wildman–Crippen MR) is 182 cm³/mol. The lowest BCUT2D eigenvalue weighted by molar-refractivity contribution is -0.120. The zero-order valence-electron chi connectivity index (χ0n) is 27.5. The molecule has 1 amide bonds. The lowest BCUT2D eigenvalue weighted by atomic mass is 10.2. The normalized spacial score (nSPS) is 14.0. The van der Waals surface area contributed by atoms with E-state index in [1.165, 1.54) is 30.5 Å². The maximum Gasteiger partial charge on any atom is 0.256 e. The van der Waals surface area contributed by atoms with Gasteiger partial charge in [-0.1, -0.05) is 62.4 Å². The number of carbonyl (C=O) groups is 2. The third-order valence-corrected chi connectivity index (χ3v) is 6.58. The maximum atomic E-state index is 12.8. The fraction of sp³-hybridized carbons (Fsp3) is 0.278. The average molecular weight is 643 g/mol. The highest BCUT2D eigenvalue weighted by Crippen LogP contribution is 2.19. The van der Waals surface area contributed by atoms with Crippen LogP contribution in [0.5, 0.6) is 0 Å². The van der Waals surface area contributed by atoms with Gasteiger partial charge in [0.05, 0.1) is 30.8 Å². The molecule has 1 fully saturated rings. The number of nitrogens with zero attached hydrogens (tertiary/aromatic N) is 5. The van der Waals surface area contributed by atoms with E-state index in [1.54, 1.807) is 42.0 Å². The van der Waals surface area contributed by atoms with Gasteiger partial charge in [0, 0.05) is 25.3 Å². The van der Waals surface area contributed by atoms with Crippen molar-refractivity contribution in [2.24, 2.45) is 0 Å². The minimum absolute atomic E-state index is 0.0593. The SMILES string of the molecule is C#C.CC.CON(/C=C(\C)OCc1ccccc1)/C=C(\C=O)C(=O)N[C@H]1CCN(c2ccc3ncc(C)n3n2)C1.Fc1ccccc1. The van der Waals surface area contributed by atoms with Gasteiger partial charge in [-0.3, -0.25) is 14.4 Å². The van der Waals surface area contributed by atoms with Gasteiger partial charge in [-0.05, 0) is 50.1 Å². The van der Waals surface area contributed by atoms with E-state index >= 15 is 0 Å². The van der Waals surface area contributed by atoms with E-state index < -0.39 is 5.91 Å². The number of nitrogens with one attached hydrogen (secondary N) is 1. The summed E-state index contributed by atoms with van der Waals surface area (Å²) in [4.78, 5) is 36.2. The minimum Gasteiger partial charge on any atom is -0.492 e. The molecule has 0 radical (unpaired) electrons. The fourth-order valence-corrected chi connectivity index (χ4v) is 4.33. The molecule has 1 aliphatic rings. The Bertz CT molecular complexity index is 1610. The van der Waals surface area contributed by atoms with Crippen LogP contribution in [0.4, 0.5) is 10.2 Å². The number of amides is 1. The molecule has 1 aliphatic heterocycles. The molecule has 2 aromatic heterocycles. The number of imidazole rings is 1. The van der Waals surface area contributed by atoms with Gasteiger partial charge in [-0.15, -0.1) is 17.9 Å². The number of aromatic nitrogens is 3. The number of carbonyl (C=O) groups excluding carboxylic acids is 2. The van der Waals surface area contributed by atoms with Crippen LogP contribution in [-0.2, 0) is 25.8 Å². The van der Waals surface area contributed by atoms with Crippen LogP contribution in [0.1, 0.15) is 38.4 Å². The number of benzene rings is 2. The molecule has 11 heteroatoms. The van der Waals surface area contributed by atoms with Crippen molar-refractivity contribution in [3.63, 3.8) is 0 Å². The second-order valence-electron chi connectivity index (χ2n) is 9.82. The Kier molecular flexibility index (Phi) is 16.5. The smallest absolute Gasteiger partial charge is 0.256 e. The van der Waals surface area contributed by atoms with Crippen molar-refractivity contribution >= 4 is 23.7 Å². The lowest BCUT2D eigenvalue weighted by Gasteiger charge is -2.18. The van der Waals surface area contributed by atoms with Crippen LogP contribution in [0.2, 0.25) is 0 Å². The van der Waals surface area contributed by atoms with Crippen LogP contribution < -0.4 is 10.2 Å². The zero-order chi connectivity index (χ0) is 34.6. The van der Waals surface area contributed by atoms with E-state index in [0.29, 0.717) is 25.2 Å². The Balaban J connectivity index is 0.000000602. The quantitative estimate of drug-likeness (QED) is 0.0437. The Morgan fingerprint density at radius 2 is 1.72 bits per heavy atom. The number of hydrogen-bond acceptors (Lipinski definition) is 8. The molecule has 4 aromatic rings. The van der Waals surface area contributed by atoms with Crippen molar-refractivity contribution in [2.75, 3.05) is 25.1 Å². The summed E-state index contributed by atoms with van der Waals surface area (Å²) < 4.78 is 19.4. The lowest BCUT2D eigenvalue weighted by Crippen LogP contribution is -2.38. The number of fused-ring (bicyclic) bond motifs is 1. The van der Waals surface area contributed by atoms with E-state index in [0.717, 1.165) is 35.7 Å². The summed E-state index contributed by atoms with van der Waals surface area (Å²) in [7, 11) is 1.44. The monoisotopic (exact) mass is 642 g/mol. The molecule has 3 heterocycles. The molecule has 2 aromatic carbocycles. The van der Waals surface area contributed by atoms with E-state index in [9.17, 15) is 14.0 Å². The van der Waals surface area contributed by atoms with Gasteiger partial charge in [-0.25, -0.2) is 19.0 Å². The van der Waals surface area contributed by atoms with Gasteiger partial charge in [0.25, 0.3) is 5.91 Å². The molecule has 47 heavy (non-hydrogen) atoms. The topological polar surface area (TPSA) is 101 Å². The average Bonchev–Trinajstić information content (AvgIpc) is 3.74. The molecule has 0 bridgehead atoms. The molecule has 0 saturated carbocycles. The third kappa shape index (κ3) is 12.1. The number of ether oxygens (including phenoxy) is 1. The summed E-state index contributed by atoms with van der Waals surface area (Å²) in [5.41, 5.74) is 2.71. The Morgan fingerprint density at radius 3 is 2.32 bits per heavy atom. The number of terminal acetylenes is 1. The van der Waals surface area contributed by atoms with Crippen LogP contribution in [0.25, 0.3) is 5.65 Å². The molecule has 1 atom stereocenters. The van der Waals surface area contributed by atoms with E-state index in [1.807, 2.05) is 63.2 Å². The van der Waals surface area contributed by atoms with Gasteiger partial charge in [-0.2, -0.15) is 0 Å². The molecule has 1 saturated heterocycles. The zero-order valence-corrected chi connectivity index (χ0v) is 27.5. The summed E-state index contributed by atoms with van der Waals surface area (Å²) in [6.07, 6.45) is 13.9. The first kappa shape index (κ1) is 37.7. The van der Waals surface area contributed by atoms with E-state index in [4.69, 9.17) is 9.57 Å². The van der Waals surface area contributed by atoms with Crippen molar-refractivity contribution in [3.05, 3.63) is 120 Å². The minimum atomic E-state index is -0.468. The highest BCUT2D eigenvalue weighted by atomic mass is 19.1. The number of rotatable bonds is 10. The molecular weight excluding hydrogens is 599 g/mol. The highest BCUT2D eigenvalue weighted by Gasteiger charge is 2.26. The van der Waals surface area contributed by atoms with Gasteiger partial charge < -0.3 is 15.0 Å². The highest BCUT2D eigenvalue weighted by molar-refractivity contribution is 6.10. The fourth-order valence-electron chi connectivity index (χ4n) is 4.33. The molecule has 5 rings (SSSR count). The predicted octanol–water partition coefficient (Wildman–Crippen LogP) is 5.86. The van der Waals surface area contributed by atoms with E-state index in [2.05, 4.69) is 33.1 Å². The largest absolute Gasteiger partial charge is 0.492 e. The van der Waals surface area contributed by atoms with Crippen LogP contribution >= 0.6 is 0 Å². The number of aldehydes is 1. The second kappa shape index (κ2) is 20.5. The maximum absolute atomic E-state index is 12.8. The van der Waals surface area contributed by atoms with Gasteiger partial charge in [0.1, 0.15) is 24.0 Å². The van der Waals surface area contributed by atoms with Crippen molar-refractivity contribution in [3.8, 4) is 12.8 Å². The summed E-state index contributed by atoms with van der Waals surface area (Å²) in [6.45, 7) is 9.44. The van der Waals surface area contributed by atoms with Crippen LogP contribution in [0.3, 0.4) is 0 Å². The van der Waals surface area contributed by atoms with Crippen LogP contribution in [0, 0.1) is 25.6 Å². The second-order valence-corrected chi connectivity index (χ2v) is 9.82. The summed E-state index contributed by atoms with van der Waals surface area (Å²) in [5, 5.41) is 8.87. The Morgan fingerprint density at radius 1 is 1.06 bits per heavy atom. The number of aryl methyl sites for hydroxylation is 1. The Labute approximate surface area is 276 Å². The van der Waals surface area contributed by atoms with Gasteiger partial charge in [0.2, 0.25) is 0 Å². The first-order chi connectivity index (χ1) is 22.9. The number of hydroxylamine groups is 2. The number of hydrogen-bond donors (Lipinski definition) is 1. The Hall–Kier alpha value is -5.47. The van der Waals surface area contributed by atoms with Crippen LogP contribution in [-0.4, -0.2) is 58.1 Å². The van der Waals surface area contributed by atoms with Crippen molar-refractivity contribution in [1.82, 2.24) is 25.0 Å². The standard InChI is InChI=1S/C26H30N6O4.C6H5F.C2H6.C2H2/c1-19-13-27-24-9-10-25(29-32(19)24)30-12-11-23(16-30)28-26(34)22(17-33)15-31(35-3)14-20(2)36-18-21-7-5-4-6-8-21;7-6-4-2-1-3-5-6;2*1-2/h4-10,13-15,17,23H,11-12,16,18H2,1-3H3,(H,28,34);1-5H;1-2H3;1-2H/b20-14+,22-15+;;;/t23-;;;/m0.../s1. The van der Waals surface area contributed by atoms with Crippen molar-refractivity contribution in [2.45, 2.75) is 46.8 Å². The number of halogens is 1. The number of allylic oxidation sites excluding steroid dienone is 1. The van der Waals surface area contributed by atoms with Crippen LogP contribution in [0.15, 0.2) is 103 Å². The van der Waals surface area contributed by atoms with Gasteiger partial charge >= 0.3 is 0 Å². The molecule has 1 N–H and O–H groups in total. The molecule has 10 nitrogen and oxygen atoms in total. The molecule has 248 valence electrons. The first-order valence-corrected chi connectivity index (χ1v) is 15.1. The van der Waals surface area contributed by atoms with E-state index in [-0.39, 0.29) is 17.4 Å². The van der Waals surface area contributed by atoms with Gasteiger partial charge in [0.15, 0.2) is 11.9 Å². The molecule has 0 aliphatic carbocycles. The molecule has 0 spiro atoms.